The fraction of sp³-hybridized carbons (Fsp3) is 0.308. The van der Waals surface area contributed by atoms with Gasteiger partial charge in [0.15, 0.2) is 0 Å². The van der Waals surface area contributed by atoms with Crippen molar-refractivity contribution in [2.75, 3.05) is 0 Å². The van der Waals surface area contributed by atoms with Crippen molar-refractivity contribution in [2.24, 2.45) is 11.8 Å². The molecule has 0 saturated heterocycles. The van der Waals surface area contributed by atoms with E-state index in [0.29, 0.717) is 0 Å². The molecule has 1 aromatic heterocycles. The third-order valence-electron chi connectivity index (χ3n) is 3.08. The van der Waals surface area contributed by atoms with Crippen LogP contribution >= 0.6 is 11.8 Å². The van der Waals surface area contributed by atoms with Crippen LogP contribution in [0.3, 0.4) is 0 Å². The highest BCUT2D eigenvalue weighted by molar-refractivity contribution is 7.99. The maximum atomic E-state index is 11.5. The number of carbonyl (C=O) groups is 1. The van der Waals surface area contributed by atoms with E-state index < -0.39 is 0 Å². The van der Waals surface area contributed by atoms with Gasteiger partial charge in [-0.15, -0.1) is 11.8 Å². The number of hydrogen-bond donors (Lipinski definition) is 3. The molecule has 1 amide bonds. The quantitative estimate of drug-likeness (QED) is 0.343. The molecule has 0 radical (unpaired) electrons. The Bertz CT molecular complexity index is 519. The van der Waals surface area contributed by atoms with Crippen molar-refractivity contribution >= 4 is 28.6 Å². The summed E-state index contributed by atoms with van der Waals surface area (Å²) < 4.78 is 0. The number of fused-ring (bicyclic) bond motifs is 1. The minimum absolute atomic E-state index is 0.133. The second kappa shape index (κ2) is 5.46. The van der Waals surface area contributed by atoms with E-state index in [9.17, 15) is 4.79 Å². The summed E-state index contributed by atoms with van der Waals surface area (Å²) in [5, 5.41) is 2.41. The second-order valence-corrected chi connectivity index (χ2v) is 5.76. The number of nitrogens with two attached hydrogens (primary N) is 1. The Balaban J connectivity index is 2.11. The number of para-hydroxylation sites is 1. The van der Waals surface area contributed by atoms with Crippen molar-refractivity contribution in [3.05, 3.63) is 30.3 Å². The maximum Gasteiger partial charge on any atom is 0.237 e. The van der Waals surface area contributed by atoms with E-state index in [1.807, 2.05) is 32.0 Å². The number of benzene rings is 1. The Kier molecular flexibility index (Phi) is 3.93. The first-order valence-electron chi connectivity index (χ1n) is 5.86. The number of rotatable bonds is 4. The number of hydrazine groups is 1. The van der Waals surface area contributed by atoms with Gasteiger partial charge in [-0.25, -0.2) is 5.84 Å². The lowest BCUT2D eigenvalue weighted by Crippen LogP contribution is -2.38. The number of thioether (sulfide) groups is 1. The number of aromatic amines is 1. The molecule has 4 N–H and O–H groups in total. The molecule has 4 nitrogen and oxygen atoms in total. The molecule has 1 heterocycles. The molecule has 0 saturated carbocycles. The van der Waals surface area contributed by atoms with Crippen LogP contribution in [-0.4, -0.2) is 16.1 Å². The lowest BCUT2D eigenvalue weighted by atomic mass is 10.1. The Morgan fingerprint density at radius 2 is 2.11 bits per heavy atom. The molecular weight excluding hydrogens is 246 g/mol. The summed E-state index contributed by atoms with van der Waals surface area (Å²) in [7, 11) is 0. The van der Waals surface area contributed by atoms with Crippen molar-refractivity contribution in [2.45, 2.75) is 24.1 Å². The maximum absolute atomic E-state index is 11.5. The van der Waals surface area contributed by atoms with Gasteiger partial charge in [0.1, 0.15) is 0 Å². The number of H-pyrrole nitrogens is 1. The van der Waals surface area contributed by atoms with E-state index in [1.54, 1.807) is 11.8 Å². The van der Waals surface area contributed by atoms with Gasteiger partial charge < -0.3 is 4.98 Å². The van der Waals surface area contributed by atoms with Crippen LogP contribution in [0, 0.1) is 5.92 Å². The molecular formula is C13H17N3OS. The normalized spacial score (nSPS) is 14.4. The summed E-state index contributed by atoms with van der Waals surface area (Å²) in [6.45, 7) is 3.90. The first-order chi connectivity index (χ1) is 8.61. The summed E-state index contributed by atoms with van der Waals surface area (Å²) in [6, 6.07) is 10.2. The lowest BCUT2D eigenvalue weighted by molar-refractivity contribution is -0.124. The van der Waals surface area contributed by atoms with Gasteiger partial charge in [0.2, 0.25) is 5.91 Å². The minimum Gasteiger partial charge on any atom is -0.350 e. The van der Waals surface area contributed by atoms with Crippen LogP contribution in [0.25, 0.3) is 10.9 Å². The largest absolute Gasteiger partial charge is 0.350 e. The predicted octanol–water partition coefficient (Wildman–Crippen LogP) is 2.27. The van der Waals surface area contributed by atoms with Gasteiger partial charge >= 0.3 is 0 Å². The van der Waals surface area contributed by atoms with Gasteiger partial charge in [-0.2, -0.15) is 0 Å². The van der Waals surface area contributed by atoms with Gasteiger partial charge in [0, 0.05) is 22.1 Å². The van der Waals surface area contributed by atoms with E-state index in [2.05, 4.69) is 22.5 Å². The molecule has 0 aliphatic heterocycles. The molecule has 0 aliphatic rings. The van der Waals surface area contributed by atoms with Crippen LogP contribution in [-0.2, 0) is 4.79 Å². The van der Waals surface area contributed by atoms with Gasteiger partial charge in [0.05, 0.1) is 5.03 Å². The number of carbonyl (C=O) groups excluding carboxylic acids is 1. The fourth-order valence-corrected chi connectivity index (χ4v) is 2.85. The van der Waals surface area contributed by atoms with Crippen LogP contribution in [0.1, 0.15) is 13.8 Å². The highest BCUT2D eigenvalue weighted by atomic mass is 32.2. The molecule has 2 aromatic rings. The molecule has 0 bridgehead atoms. The average molecular weight is 263 g/mol. The lowest BCUT2D eigenvalue weighted by Gasteiger charge is -2.16. The van der Waals surface area contributed by atoms with E-state index in [0.717, 1.165) is 10.5 Å². The Labute approximate surface area is 110 Å². The average Bonchev–Trinajstić information content (AvgIpc) is 2.78. The number of amides is 1. The SMILES string of the molecule is CC(Sc1cc2ccccc2[nH]1)C(C)C(=O)NN. The van der Waals surface area contributed by atoms with Gasteiger partial charge in [-0.1, -0.05) is 32.0 Å². The fourth-order valence-electron chi connectivity index (χ4n) is 1.76. The molecule has 96 valence electrons. The molecule has 5 heteroatoms. The smallest absolute Gasteiger partial charge is 0.237 e. The van der Waals surface area contributed by atoms with Crippen LogP contribution < -0.4 is 11.3 Å². The first-order valence-corrected chi connectivity index (χ1v) is 6.74. The summed E-state index contributed by atoms with van der Waals surface area (Å²) in [5.41, 5.74) is 3.31. The zero-order valence-corrected chi connectivity index (χ0v) is 11.3. The van der Waals surface area contributed by atoms with Crippen LogP contribution in [0.5, 0.6) is 0 Å². The molecule has 18 heavy (non-hydrogen) atoms. The third-order valence-corrected chi connectivity index (χ3v) is 4.33. The molecule has 1 aromatic carbocycles. The van der Waals surface area contributed by atoms with Crippen molar-refractivity contribution in [3.8, 4) is 0 Å². The van der Waals surface area contributed by atoms with Crippen molar-refractivity contribution in [3.63, 3.8) is 0 Å². The Morgan fingerprint density at radius 1 is 1.39 bits per heavy atom. The highest BCUT2D eigenvalue weighted by Gasteiger charge is 2.20. The molecule has 2 atom stereocenters. The van der Waals surface area contributed by atoms with E-state index >= 15 is 0 Å². The standard InChI is InChI=1S/C13H17N3OS/c1-8(13(17)16-14)9(2)18-12-7-10-5-3-4-6-11(10)15-12/h3-9,15H,14H2,1-2H3,(H,16,17). The second-order valence-electron chi connectivity index (χ2n) is 4.34. The first kappa shape index (κ1) is 13.0. The monoisotopic (exact) mass is 263 g/mol. The van der Waals surface area contributed by atoms with Crippen LogP contribution in [0.15, 0.2) is 35.4 Å². The van der Waals surface area contributed by atoms with Crippen LogP contribution in [0.4, 0.5) is 0 Å². The summed E-state index contributed by atoms with van der Waals surface area (Å²) in [6.07, 6.45) is 0. The number of hydrogen-bond acceptors (Lipinski definition) is 3. The van der Waals surface area contributed by atoms with Crippen molar-refractivity contribution in [1.29, 1.82) is 0 Å². The van der Waals surface area contributed by atoms with E-state index in [4.69, 9.17) is 5.84 Å². The summed E-state index contributed by atoms with van der Waals surface area (Å²) in [5.74, 6) is 4.88. The van der Waals surface area contributed by atoms with E-state index in [-0.39, 0.29) is 17.1 Å². The van der Waals surface area contributed by atoms with Crippen molar-refractivity contribution in [1.82, 2.24) is 10.4 Å². The van der Waals surface area contributed by atoms with Gasteiger partial charge in [-0.3, -0.25) is 10.2 Å². The predicted molar refractivity (Wildman–Crippen MR) is 75.1 cm³/mol. The van der Waals surface area contributed by atoms with Crippen LogP contribution in [0.2, 0.25) is 0 Å². The summed E-state index contributed by atoms with van der Waals surface area (Å²) in [4.78, 5) is 14.8. The topological polar surface area (TPSA) is 70.9 Å². The summed E-state index contributed by atoms with van der Waals surface area (Å²) >= 11 is 1.65. The molecule has 0 spiro atoms. The zero-order chi connectivity index (χ0) is 13.1. The number of nitrogens with one attached hydrogen (secondary N) is 2. The Hall–Kier alpha value is -1.46. The minimum atomic E-state index is -0.133. The van der Waals surface area contributed by atoms with E-state index in [1.165, 1.54) is 5.39 Å². The number of aromatic nitrogens is 1. The molecule has 2 unspecified atom stereocenters. The highest BCUT2D eigenvalue weighted by Crippen LogP contribution is 2.29. The molecule has 0 fully saturated rings. The molecule has 2 rings (SSSR count). The van der Waals surface area contributed by atoms with Gasteiger partial charge in [-0.05, 0) is 12.1 Å². The zero-order valence-electron chi connectivity index (χ0n) is 10.4. The third kappa shape index (κ3) is 2.68. The van der Waals surface area contributed by atoms with Crippen molar-refractivity contribution < 1.29 is 4.79 Å². The van der Waals surface area contributed by atoms with Gasteiger partial charge in [0.25, 0.3) is 0 Å². The molecule has 0 aliphatic carbocycles. The Morgan fingerprint density at radius 3 is 2.78 bits per heavy atom.